The van der Waals surface area contributed by atoms with Crippen LogP contribution in [0.4, 0.5) is 0 Å². The van der Waals surface area contributed by atoms with E-state index in [4.69, 9.17) is 4.74 Å². The number of benzene rings is 2. The Hall–Kier alpha value is -1.27. The number of thiophene rings is 1. The highest BCUT2D eigenvalue weighted by Gasteiger charge is 2.16. The average molecular weight is 407 g/mol. The van der Waals surface area contributed by atoms with E-state index in [1.54, 1.807) is 30.2 Å². The quantitative estimate of drug-likeness (QED) is 0.584. The summed E-state index contributed by atoms with van der Waals surface area (Å²) >= 11 is 6.85. The number of ether oxygens (including phenoxy) is 1. The lowest BCUT2D eigenvalue weighted by Crippen LogP contribution is -1.96. The smallest absolute Gasteiger partial charge is 0.118 e. The Bertz CT molecular complexity index is 769. The van der Waals surface area contributed by atoms with E-state index in [0.29, 0.717) is 0 Å². The molecule has 0 spiro atoms. The molecular formula is C18H15BrO2S2. The largest absolute Gasteiger partial charge is 0.497 e. The van der Waals surface area contributed by atoms with Crippen LogP contribution < -0.4 is 4.74 Å². The van der Waals surface area contributed by atoms with E-state index in [-0.39, 0.29) is 0 Å². The van der Waals surface area contributed by atoms with Crippen molar-refractivity contribution in [3.05, 3.63) is 74.9 Å². The minimum atomic E-state index is -0.632. The standard InChI is InChI=1S/C18H15BrO2S2/c1-21-13-9-7-12(8-10-13)17(20)15-11-16(18(19)23-15)22-14-5-3-2-4-6-14/h2-11,17,20H,1H3. The van der Waals surface area contributed by atoms with Crippen LogP contribution in [-0.4, -0.2) is 12.2 Å². The van der Waals surface area contributed by atoms with Crippen LogP contribution in [-0.2, 0) is 0 Å². The Balaban J connectivity index is 1.81. The first kappa shape index (κ1) is 16.6. The molecule has 3 rings (SSSR count). The van der Waals surface area contributed by atoms with E-state index in [9.17, 15) is 5.11 Å². The van der Waals surface area contributed by atoms with Crippen LogP contribution in [0.25, 0.3) is 0 Å². The van der Waals surface area contributed by atoms with Gasteiger partial charge < -0.3 is 9.84 Å². The van der Waals surface area contributed by atoms with Crippen LogP contribution in [0.15, 0.2) is 74.2 Å². The second-order valence-corrected chi connectivity index (χ2v) is 8.39. The number of hydrogen-bond donors (Lipinski definition) is 1. The van der Waals surface area contributed by atoms with Crippen molar-refractivity contribution >= 4 is 39.0 Å². The third kappa shape index (κ3) is 3.98. The second-order valence-electron chi connectivity index (χ2n) is 4.88. The zero-order valence-corrected chi connectivity index (χ0v) is 15.6. The number of aliphatic hydroxyl groups excluding tert-OH is 1. The van der Waals surface area contributed by atoms with Gasteiger partial charge in [-0.25, -0.2) is 0 Å². The van der Waals surface area contributed by atoms with Crippen LogP contribution in [0.2, 0.25) is 0 Å². The van der Waals surface area contributed by atoms with E-state index >= 15 is 0 Å². The summed E-state index contributed by atoms with van der Waals surface area (Å²) in [5.74, 6) is 0.786. The Kier molecular flexibility index (Phi) is 5.43. The molecule has 5 heteroatoms. The molecule has 1 N–H and O–H groups in total. The molecule has 0 saturated heterocycles. The van der Waals surface area contributed by atoms with E-state index in [1.807, 2.05) is 48.5 Å². The molecule has 1 heterocycles. The minimum absolute atomic E-state index is 0.632. The maximum atomic E-state index is 10.6. The first-order valence-electron chi connectivity index (χ1n) is 7.01. The fraction of sp³-hybridized carbons (Fsp3) is 0.111. The molecular weight excluding hydrogens is 392 g/mol. The van der Waals surface area contributed by atoms with Gasteiger partial charge in [0.25, 0.3) is 0 Å². The number of hydrogen-bond acceptors (Lipinski definition) is 4. The van der Waals surface area contributed by atoms with Gasteiger partial charge in [0.05, 0.1) is 10.9 Å². The van der Waals surface area contributed by atoms with Gasteiger partial charge in [-0.15, -0.1) is 11.3 Å². The van der Waals surface area contributed by atoms with E-state index in [1.165, 1.54) is 4.90 Å². The van der Waals surface area contributed by atoms with Crippen molar-refractivity contribution in [1.29, 1.82) is 0 Å². The third-order valence-electron chi connectivity index (χ3n) is 3.35. The summed E-state index contributed by atoms with van der Waals surface area (Å²) in [6.07, 6.45) is -0.632. The SMILES string of the molecule is COc1ccc(C(O)c2cc(Sc3ccccc3)c(Br)s2)cc1. The summed E-state index contributed by atoms with van der Waals surface area (Å²) in [7, 11) is 1.63. The van der Waals surface area contributed by atoms with Crippen molar-refractivity contribution in [3.8, 4) is 5.75 Å². The first-order valence-corrected chi connectivity index (χ1v) is 9.44. The number of halogens is 1. The summed E-state index contributed by atoms with van der Waals surface area (Å²) in [6.45, 7) is 0. The van der Waals surface area contributed by atoms with Gasteiger partial charge in [0.1, 0.15) is 11.9 Å². The van der Waals surface area contributed by atoms with Gasteiger partial charge >= 0.3 is 0 Å². The summed E-state index contributed by atoms with van der Waals surface area (Å²) in [5, 5.41) is 10.6. The van der Waals surface area contributed by atoms with Crippen molar-refractivity contribution in [2.45, 2.75) is 15.9 Å². The van der Waals surface area contributed by atoms with Crippen LogP contribution in [0.3, 0.4) is 0 Å². The average Bonchev–Trinajstić information content (AvgIpc) is 2.96. The van der Waals surface area contributed by atoms with Gasteiger partial charge in [-0.1, -0.05) is 42.1 Å². The molecule has 2 nitrogen and oxygen atoms in total. The van der Waals surface area contributed by atoms with Gasteiger partial charge in [-0.3, -0.25) is 0 Å². The van der Waals surface area contributed by atoms with Crippen molar-refractivity contribution < 1.29 is 9.84 Å². The monoisotopic (exact) mass is 406 g/mol. The summed E-state index contributed by atoms with van der Waals surface area (Å²) in [5.41, 5.74) is 0.857. The molecule has 3 aromatic rings. The Morgan fingerprint density at radius 1 is 1.09 bits per heavy atom. The van der Waals surface area contributed by atoms with Crippen molar-refractivity contribution in [3.63, 3.8) is 0 Å². The maximum Gasteiger partial charge on any atom is 0.118 e. The predicted octanol–water partition coefficient (Wildman–Crippen LogP) is 5.75. The molecule has 0 saturated carbocycles. The first-order chi connectivity index (χ1) is 11.2. The van der Waals surface area contributed by atoms with Gasteiger partial charge in [0.15, 0.2) is 0 Å². The van der Waals surface area contributed by atoms with Gasteiger partial charge in [0, 0.05) is 14.7 Å². The highest BCUT2D eigenvalue weighted by atomic mass is 79.9. The lowest BCUT2D eigenvalue weighted by atomic mass is 10.1. The topological polar surface area (TPSA) is 29.5 Å². The molecule has 1 aromatic heterocycles. The molecule has 0 aliphatic heterocycles. The molecule has 1 atom stereocenters. The summed E-state index contributed by atoms with van der Waals surface area (Å²) in [4.78, 5) is 3.21. The fourth-order valence-electron chi connectivity index (χ4n) is 2.14. The molecule has 0 radical (unpaired) electrons. The van der Waals surface area contributed by atoms with Crippen molar-refractivity contribution in [1.82, 2.24) is 0 Å². The fourth-order valence-corrected chi connectivity index (χ4v) is 4.99. The molecule has 0 aliphatic rings. The molecule has 118 valence electrons. The lowest BCUT2D eigenvalue weighted by molar-refractivity contribution is 0.224. The van der Waals surface area contributed by atoms with Crippen LogP contribution >= 0.6 is 39.0 Å². The van der Waals surface area contributed by atoms with Crippen LogP contribution in [0, 0.1) is 0 Å². The van der Waals surface area contributed by atoms with E-state index in [2.05, 4.69) is 28.1 Å². The summed E-state index contributed by atoms with van der Waals surface area (Å²) < 4.78 is 6.19. The van der Waals surface area contributed by atoms with E-state index < -0.39 is 6.10 Å². The molecule has 23 heavy (non-hydrogen) atoms. The zero-order chi connectivity index (χ0) is 16.2. The molecule has 1 unspecified atom stereocenters. The van der Waals surface area contributed by atoms with Gasteiger partial charge in [0.2, 0.25) is 0 Å². The number of aliphatic hydroxyl groups is 1. The minimum Gasteiger partial charge on any atom is -0.497 e. The highest BCUT2D eigenvalue weighted by molar-refractivity contribution is 9.11. The highest BCUT2D eigenvalue weighted by Crippen LogP contribution is 2.42. The Labute approximate surface area is 152 Å². The second kappa shape index (κ2) is 7.53. The molecule has 2 aromatic carbocycles. The van der Waals surface area contributed by atoms with Crippen molar-refractivity contribution in [2.24, 2.45) is 0 Å². The Morgan fingerprint density at radius 3 is 2.43 bits per heavy atom. The molecule has 0 fully saturated rings. The van der Waals surface area contributed by atoms with Crippen LogP contribution in [0.1, 0.15) is 16.5 Å². The normalized spacial score (nSPS) is 12.1. The van der Waals surface area contributed by atoms with Crippen molar-refractivity contribution in [2.75, 3.05) is 7.11 Å². The Morgan fingerprint density at radius 2 is 1.78 bits per heavy atom. The third-order valence-corrected chi connectivity index (χ3v) is 6.68. The van der Waals surface area contributed by atoms with Crippen LogP contribution in [0.5, 0.6) is 5.75 Å². The molecule has 0 bridgehead atoms. The predicted molar refractivity (Wildman–Crippen MR) is 99.6 cm³/mol. The molecule has 0 aliphatic carbocycles. The van der Waals surface area contributed by atoms with Gasteiger partial charge in [-0.2, -0.15) is 0 Å². The lowest BCUT2D eigenvalue weighted by Gasteiger charge is -2.09. The number of methoxy groups -OCH3 is 1. The number of rotatable bonds is 5. The summed E-state index contributed by atoms with van der Waals surface area (Å²) in [6, 6.07) is 19.8. The van der Waals surface area contributed by atoms with Gasteiger partial charge in [-0.05, 0) is 51.8 Å². The van der Waals surface area contributed by atoms with E-state index in [0.717, 1.165) is 24.9 Å². The molecule has 0 amide bonds. The zero-order valence-electron chi connectivity index (χ0n) is 12.4. The maximum absolute atomic E-state index is 10.6.